The fraction of sp³-hybridized carbons (Fsp3) is 0.182. The van der Waals surface area contributed by atoms with Crippen molar-refractivity contribution in [3.63, 3.8) is 0 Å². The lowest BCUT2D eigenvalue weighted by molar-refractivity contribution is 1.28. The lowest BCUT2D eigenvalue weighted by atomic mass is 10.3. The van der Waals surface area contributed by atoms with E-state index in [9.17, 15) is 0 Å². The lowest BCUT2D eigenvalue weighted by Crippen LogP contribution is -2.12. The molecule has 0 aliphatic rings. The number of benzene rings is 1. The van der Waals surface area contributed by atoms with Gasteiger partial charge in [-0.25, -0.2) is 4.98 Å². The van der Waals surface area contributed by atoms with E-state index in [1.54, 1.807) is 6.20 Å². The topological polar surface area (TPSA) is 25.8 Å². The second-order valence-electron chi connectivity index (χ2n) is 3.35. The van der Waals surface area contributed by atoms with Gasteiger partial charge in [0.2, 0.25) is 4.20 Å². The van der Waals surface area contributed by atoms with Crippen molar-refractivity contribution in [2.75, 3.05) is 12.5 Å². The van der Waals surface area contributed by atoms with E-state index in [0.717, 1.165) is 20.9 Å². The molecule has 2 rings (SSSR count). The molecule has 0 radical (unpaired) electrons. The quantitative estimate of drug-likeness (QED) is 0.560. The predicted molar refractivity (Wildman–Crippen MR) is 70.5 cm³/mol. The number of aromatic nitrogens is 2. The summed E-state index contributed by atoms with van der Waals surface area (Å²) in [6.45, 7) is 0. The Morgan fingerprint density at radius 1 is 1.20 bits per heavy atom. The third-order valence-corrected chi connectivity index (χ3v) is 4.19. The van der Waals surface area contributed by atoms with E-state index in [2.05, 4.69) is 22.5 Å². The van der Waals surface area contributed by atoms with Crippen LogP contribution in [0, 0.1) is 0 Å². The zero-order valence-electron chi connectivity index (χ0n) is 8.60. The maximum atomic E-state index is 5.32. The Balaban J connectivity index is 2.52. The average molecular weight is 235 g/mol. The van der Waals surface area contributed by atoms with Gasteiger partial charge in [-0.2, -0.15) is 0 Å². The minimum atomic E-state index is 0.0748. The van der Waals surface area contributed by atoms with Gasteiger partial charge in [-0.05, 0) is 24.4 Å². The van der Waals surface area contributed by atoms with Crippen molar-refractivity contribution >= 4 is 38.3 Å². The van der Waals surface area contributed by atoms with E-state index in [0.29, 0.717) is 0 Å². The first-order valence-electron chi connectivity index (χ1n) is 4.52. The number of hydrogen-bond acceptors (Lipinski definition) is 3. The van der Waals surface area contributed by atoms with E-state index < -0.39 is 0 Å². The number of fused-ring (bicyclic) bond motifs is 1. The van der Waals surface area contributed by atoms with Crippen LogP contribution in [0.3, 0.4) is 0 Å². The van der Waals surface area contributed by atoms with Crippen LogP contribution in [-0.2, 0) is 10.9 Å². The SMILES string of the molecule is C[S+](C)C(=S)c1cnc2ccccc2n1. The van der Waals surface area contributed by atoms with Crippen LogP contribution >= 0.6 is 12.2 Å². The van der Waals surface area contributed by atoms with Crippen molar-refractivity contribution < 1.29 is 0 Å². The Morgan fingerprint density at radius 2 is 1.87 bits per heavy atom. The van der Waals surface area contributed by atoms with E-state index in [1.165, 1.54) is 0 Å². The molecule has 0 spiro atoms. The largest absolute Gasteiger partial charge is 0.252 e. The summed E-state index contributed by atoms with van der Waals surface area (Å²) in [6.07, 6.45) is 5.95. The number of para-hydroxylation sites is 2. The van der Waals surface area contributed by atoms with Gasteiger partial charge in [0.1, 0.15) is 18.2 Å². The first-order valence-corrected chi connectivity index (χ1v) is 6.97. The maximum absolute atomic E-state index is 5.32. The molecule has 0 atom stereocenters. The van der Waals surface area contributed by atoms with Crippen LogP contribution in [0.1, 0.15) is 5.69 Å². The molecule has 4 heteroatoms. The van der Waals surface area contributed by atoms with Gasteiger partial charge in [0.15, 0.2) is 0 Å². The molecule has 0 saturated heterocycles. The van der Waals surface area contributed by atoms with Gasteiger partial charge in [0, 0.05) is 10.9 Å². The van der Waals surface area contributed by atoms with Gasteiger partial charge in [-0.1, -0.05) is 12.1 Å². The molecule has 2 aromatic rings. The Hall–Kier alpha value is -1.00. The predicted octanol–water partition coefficient (Wildman–Crippen LogP) is 2.18. The van der Waals surface area contributed by atoms with Crippen LogP contribution in [0.2, 0.25) is 0 Å². The van der Waals surface area contributed by atoms with Gasteiger partial charge in [0.25, 0.3) is 0 Å². The lowest BCUT2D eigenvalue weighted by Gasteiger charge is -2.00. The fourth-order valence-corrected chi connectivity index (χ4v) is 1.88. The van der Waals surface area contributed by atoms with Crippen LogP contribution in [0.5, 0.6) is 0 Å². The molecule has 0 unspecified atom stereocenters. The molecule has 0 aliphatic heterocycles. The van der Waals surface area contributed by atoms with Crippen LogP contribution in [-0.4, -0.2) is 26.7 Å². The van der Waals surface area contributed by atoms with Crippen molar-refractivity contribution in [3.8, 4) is 0 Å². The molecule has 0 fully saturated rings. The second kappa shape index (κ2) is 4.24. The summed E-state index contributed by atoms with van der Waals surface area (Å²) in [7, 11) is 0.0748. The van der Waals surface area contributed by atoms with Crippen LogP contribution in [0.15, 0.2) is 30.5 Å². The monoisotopic (exact) mass is 235 g/mol. The summed E-state index contributed by atoms with van der Waals surface area (Å²) in [6, 6.07) is 7.82. The Labute approximate surface area is 97.1 Å². The molecule has 1 aromatic carbocycles. The van der Waals surface area contributed by atoms with Gasteiger partial charge in [0.05, 0.1) is 17.2 Å². The molecule has 15 heavy (non-hydrogen) atoms. The van der Waals surface area contributed by atoms with E-state index in [4.69, 9.17) is 12.2 Å². The van der Waals surface area contributed by atoms with E-state index in [-0.39, 0.29) is 10.9 Å². The molecule has 0 aliphatic carbocycles. The minimum Gasteiger partial charge on any atom is -0.252 e. The van der Waals surface area contributed by atoms with Gasteiger partial charge in [-0.3, -0.25) is 4.98 Å². The summed E-state index contributed by atoms with van der Waals surface area (Å²) in [5, 5.41) is 0. The van der Waals surface area contributed by atoms with E-state index in [1.807, 2.05) is 24.3 Å². The first-order chi connectivity index (χ1) is 7.18. The number of rotatable bonds is 1. The Morgan fingerprint density at radius 3 is 2.53 bits per heavy atom. The molecule has 1 aromatic heterocycles. The van der Waals surface area contributed by atoms with Crippen molar-refractivity contribution in [3.05, 3.63) is 36.2 Å². The average Bonchev–Trinajstić information content (AvgIpc) is 2.27. The molecular weight excluding hydrogens is 224 g/mol. The van der Waals surface area contributed by atoms with E-state index >= 15 is 0 Å². The summed E-state index contributed by atoms with van der Waals surface area (Å²) < 4.78 is 0.897. The highest BCUT2D eigenvalue weighted by atomic mass is 32.2. The molecule has 0 amide bonds. The number of hydrogen-bond donors (Lipinski definition) is 0. The van der Waals surface area contributed by atoms with Crippen LogP contribution < -0.4 is 0 Å². The molecule has 76 valence electrons. The highest BCUT2D eigenvalue weighted by Gasteiger charge is 2.17. The highest BCUT2D eigenvalue weighted by molar-refractivity contribution is 8.20. The second-order valence-corrected chi connectivity index (χ2v) is 6.06. The van der Waals surface area contributed by atoms with Gasteiger partial charge >= 0.3 is 0 Å². The normalized spacial score (nSPS) is 10.9. The molecule has 0 bridgehead atoms. The standard InChI is InChI=1S/C11H11N2S2/c1-15(2)11(14)10-7-12-8-5-3-4-6-9(8)13-10/h3-7H,1-2H3/q+1. The summed E-state index contributed by atoms with van der Waals surface area (Å²) in [4.78, 5) is 8.84. The third-order valence-electron chi connectivity index (χ3n) is 2.03. The van der Waals surface area contributed by atoms with Crippen LogP contribution in [0.4, 0.5) is 0 Å². The third kappa shape index (κ3) is 2.16. The first kappa shape index (κ1) is 10.5. The van der Waals surface area contributed by atoms with Crippen molar-refractivity contribution in [1.82, 2.24) is 9.97 Å². The van der Waals surface area contributed by atoms with Crippen molar-refractivity contribution in [1.29, 1.82) is 0 Å². The molecule has 0 saturated carbocycles. The Bertz CT molecular complexity index is 509. The van der Waals surface area contributed by atoms with Crippen LogP contribution in [0.25, 0.3) is 11.0 Å². The fourth-order valence-electron chi connectivity index (χ4n) is 1.26. The summed E-state index contributed by atoms with van der Waals surface area (Å²) >= 11 is 5.32. The van der Waals surface area contributed by atoms with Crippen molar-refractivity contribution in [2.24, 2.45) is 0 Å². The summed E-state index contributed by atoms with van der Waals surface area (Å²) in [5.74, 6) is 0. The summed E-state index contributed by atoms with van der Waals surface area (Å²) in [5.41, 5.74) is 2.65. The van der Waals surface area contributed by atoms with Crippen molar-refractivity contribution in [2.45, 2.75) is 0 Å². The molecule has 0 N–H and O–H groups in total. The van der Waals surface area contributed by atoms with Gasteiger partial charge < -0.3 is 0 Å². The zero-order valence-corrected chi connectivity index (χ0v) is 10.2. The van der Waals surface area contributed by atoms with Gasteiger partial charge in [-0.15, -0.1) is 0 Å². The Kier molecular flexibility index (Phi) is 2.98. The maximum Gasteiger partial charge on any atom is 0.245 e. The highest BCUT2D eigenvalue weighted by Crippen LogP contribution is 2.10. The molecular formula is C11H11N2S2+. The number of nitrogens with zero attached hydrogens (tertiary/aromatic N) is 2. The molecule has 2 nitrogen and oxygen atoms in total. The smallest absolute Gasteiger partial charge is 0.245 e. The minimum absolute atomic E-state index is 0.0748. The molecule has 1 heterocycles. The zero-order chi connectivity index (χ0) is 10.8. The number of thiocarbonyl (C=S) groups is 1.